The summed E-state index contributed by atoms with van der Waals surface area (Å²) in [6.07, 6.45) is 0. The highest BCUT2D eigenvalue weighted by molar-refractivity contribution is 7.10. The van der Waals surface area contributed by atoms with Crippen LogP contribution in [0.5, 0.6) is 0 Å². The third kappa shape index (κ3) is 1.75. The first-order chi connectivity index (χ1) is 8.25. The zero-order chi connectivity index (χ0) is 11.8. The summed E-state index contributed by atoms with van der Waals surface area (Å²) in [4.78, 5) is 11.7. The van der Waals surface area contributed by atoms with Gasteiger partial charge in [0.25, 0.3) is 0 Å². The average Bonchev–Trinajstić information content (AvgIpc) is 2.85. The van der Waals surface area contributed by atoms with Gasteiger partial charge in [-0.05, 0) is 12.1 Å². The Morgan fingerprint density at radius 2 is 2.24 bits per heavy atom. The maximum Gasteiger partial charge on any atom is 0.420 e. The van der Waals surface area contributed by atoms with Gasteiger partial charge >= 0.3 is 5.76 Å². The molecule has 5 nitrogen and oxygen atoms in total. The number of fused-ring (bicyclic) bond motifs is 1. The van der Waals surface area contributed by atoms with Crippen LogP contribution >= 0.6 is 23.1 Å². The van der Waals surface area contributed by atoms with Crippen LogP contribution in [-0.2, 0) is 6.54 Å². The summed E-state index contributed by atoms with van der Waals surface area (Å²) in [5, 5.41) is 3.87. The summed E-state index contributed by atoms with van der Waals surface area (Å²) < 4.78 is 10.8. The van der Waals surface area contributed by atoms with Gasteiger partial charge in [-0.1, -0.05) is 28.2 Å². The Morgan fingerprint density at radius 1 is 1.41 bits per heavy atom. The van der Waals surface area contributed by atoms with E-state index in [2.05, 4.69) is 9.59 Å². The highest BCUT2D eigenvalue weighted by atomic mass is 35.5. The number of halogens is 1. The Hall–Kier alpha value is -1.66. The number of hydrogen-bond acceptors (Lipinski definition) is 5. The molecule has 0 saturated heterocycles. The van der Waals surface area contributed by atoms with E-state index in [4.69, 9.17) is 16.0 Å². The molecule has 0 spiro atoms. The van der Waals surface area contributed by atoms with Crippen molar-refractivity contribution in [1.29, 1.82) is 0 Å². The van der Waals surface area contributed by atoms with Gasteiger partial charge in [0.15, 0.2) is 5.58 Å². The number of aromatic nitrogens is 3. The molecule has 3 rings (SSSR count). The second-order valence-corrected chi connectivity index (χ2v) is 4.77. The van der Waals surface area contributed by atoms with E-state index in [9.17, 15) is 4.79 Å². The molecule has 0 bridgehead atoms. The minimum atomic E-state index is -0.421. The van der Waals surface area contributed by atoms with Crippen LogP contribution in [-0.4, -0.2) is 14.2 Å². The fourth-order valence-corrected chi connectivity index (χ4v) is 2.22. The number of hydrogen-bond donors (Lipinski definition) is 0. The molecule has 17 heavy (non-hydrogen) atoms. The summed E-state index contributed by atoms with van der Waals surface area (Å²) in [5.41, 5.74) is 1.85. The molecular weight excluding hydrogens is 262 g/mol. The largest absolute Gasteiger partial charge is 0.420 e. The topological polar surface area (TPSA) is 60.9 Å². The Morgan fingerprint density at radius 3 is 3.00 bits per heavy atom. The predicted octanol–water partition coefficient (Wildman–Crippen LogP) is 2.15. The van der Waals surface area contributed by atoms with E-state index in [1.165, 1.54) is 4.57 Å². The standard InChI is InChI=1S/C10H6ClN3O2S/c11-9-6(12-13-17-9)5-14-7-3-1-2-4-8(7)16-10(14)15/h1-4H,5H2. The van der Waals surface area contributed by atoms with Gasteiger partial charge in [-0.3, -0.25) is 4.57 Å². The molecule has 0 amide bonds. The van der Waals surface area contributed by atoms with E-state index in [0.717, 1.165) is 17.0 Å². The maximum absolute atomic E-state index is 11.7. The van der Waals surface area contributed by atoms with Gasteiger partial charge < -0.3 is 4.42 Å². The average molecular weight is 268 g/mol. The van der Waals surface area contributed by atoms with Gasteiger partial charge in [0.2, 0.25) is 0 Å². The van der Waals surface area contributed by atoms with E-state index in [0.29, 0.717) is 15.6 Å². The molecule has 1 aromatic carbocycles. The summed E-state index contributed by atoms with van der Waals surface area (Å²) in [6.45, 7) is 0.269. The summed E-state index contributed by atoms with van der Waals surface area (Å²) in [5.74, 6) is -0.421. The Bertz CT molecular complexity index is 730. The third-order valence-corrected chi connectivity index (χ3v) is 3.38. The lowest BCUT2D eigenvalue weighted by atomic mass is 10.3. The normalized spacial score (nSPS) is 11.1. The molecule has 3 aromatic rings. The first kappa shape index (κ1) is 10.5. The first-order valence-electron chi connectivity index (χ1n) is 4.81. The smallest absolute Gasteiger partial charge is 0.408 e. The van der Waals surface area contributed by atoms with Crippen molar-refractivity contribution < 1.29 is 4.42 Å². The lowest BCUT2D eigenvalue weighted by molar-refractivity contribution is 0.516. The number of benzene rings is 1. The molecule has 0 unspecified atom stereocenters. The lowest BCUT2D eigenvalue weighted by Gasteiger charge is -1.98. The van der Waals surface area contributed by atoms with Crippen LogP contribution in [0, 0.1) is 0 Å². The number of para-hydroxylation sites is 2. The summed E-state index contributed by atoms with van der Waals surface area (Å²) in [7, 11) is 0. The van der Waals surface area contributed by atoms with Crippen LogP contribution in [0.25, 0.3) is 11.1 Å². The van der Waals surface area contributed by atoms with Gasteiger partial charge in [0, 0.05) is 11.5 Å². The molecule has 0 aliphatic carbocycles. The third-order valence-electron chi connectivity index (χ3n) is 2.39. The van der Waals surface area contributed by atoms with Gasteiger partial charge in [0.1, 0.15) is 10.0 Å². The van der Waals surface area contributed by atoms with E-state index >= 15 is 0 Å². The van der Waals surface area contributed by atoms with Crippen LogP contribution in [0.2, 0.25) is 4.34 Å². The zero-order valence-electron chi connectivity index (χ0n) is 8.46. The van der Waals surface area contributed by atoms with Gasteiger partial charge in [-0.2, -0.15) is 0 Å². The van der Waals surface area contributed by atoms with Crippen molar-refractivity contribution in [2.24, 2.45) is 0 Å². The quantitative estimate of drug-likeness (QED) is 0.714. The Kier molecular flexibility index (Phi) is 2.45. The predicted molar refractivity (Wildman–Crippen MR) is 64.5 cm³/mol. The highest BCUT2D eigenvalue weighted by Crippen LogP contribution is 2.19. The zero-order valence-corrected chi connectivity index (χ0v) is 10.0. The second-order valence-electron chi connectivity index (χ2n) is 3.42. The van der Waals surface area contributed by atoms with Crippen LogP contribution in [0.1, 0.15) is 5.69 Å². The minimum Gasteiger partial charge on any atom is -0.408 e. The Labute approximate surface area is 104 Å². The molecule has 0 N–H and O–H groups in total. The molecule has 0 fully saturated rings. The van der Waals surface area contributed by atoms with Crippen LogP contribution in [0.3, 0.4) is 0 Å². The Balaban J connectivity index is 2.15. The minimum absolute atomic E-state index is 0.269. The molecule has 0 saturated carbocycles. The molecule has 0 radical (unpaired) electrons. The molecule has 2 heterocycles. The SMILES string of the molecule is O=c1oc2ccccc2n1Cc1nnsc1Cl. The number of nitrogens with zero attached hydrogens (tertiary/aromatic N) is 3. The van der Waals surface area contributed by atoms with Crippen LogP contribution < -0.4 is 5.76 Å². The van der Waals surface area contributed by atoms with Crippen LogP contribution in [0.15, 0.2) is 33.5 Å². The molecule has 0 aliphatic heterocycles. The highest BCUT2D eigenvalue weighted by Gasteiger charge is 2.12. The van der Waals surface area contributed by atoms with Crippen LogP contribution in [0.4, 0.5) is 0 Å². The number of rotatable bonds is 2. The molecule has 2 aromatic heterocycles. The monoisotopic (exact) mass is 267 g/mol. The molecule has 86 valence electrons. The van der Waals surface area contributed by atoms with E-state index in [1.54, 1.807) is 6.07 Å². The van der Waals surface area contributed by atoms with Crippen molar-refractivity contribution in [1.82, 2.24) is 14.2 Å². The number of oxazole rings is 1. The van der Waals surface area contributed by atoms with E-state index in [1.807, 2.05) is 18.2 Å². The molecule has 0 aliphatic rings. The van der Waals surface area contributed by atoms with Gasteiger partial charge in [0.05, 0.1) is 12.1 Å². The van der Waals surface area contributed by atoms with Crippen molar-refractivity contribution in [3.05, 3.63) is 44.8 Å². The summed E-state index contributed by atoms with van der Waals surface area (Å²) in [6, 6.07) is 7.21. The fraction of sp³-hybridized carbons (Fsp3) is 0.100. The molecule has 0 atom stereocenters. The van der Waals surface area contributed by atoms with Crippen molar-refractivity contribution in [2.75, 3.05) is 0 Å². The maximum atomic E-state index is 11.7. The van der Waals surface area contributed by atoms with Crippen molar-refractivity contribution >= 4 is 34.2 Å². The first-order valence-corrected chi connectivity index (χ1v) is 5.96. The van der Waals surface area contributed by atoms with E-state index in [-0.39, 0.29) is 6.54 Å². The molecular formula is C10H6ClN3O2S. The van der Waals surface area contributed by atoms with Crippen molar-refractivity contribution in [3.63, 3.8) is 0 Å². The van der Waals surface area contributed by atoms with Gasteiger partial charge in [-0.25, -0.2) is 4.79 Å². The van der Waals surface area contributed by atoms with Gasteiger partial charge in [-0.15, -0.1) is 5.10 Å². The van der Waals surface area contributed by atoms with Crippen molar-refractivity contribution in [2.45, 2.75) is 6.54 Å². The fourth-order valence-electron chi connectivity index (χ4n) is 1.60. The lowest BCUT2D eigenvalue weighted by Crippen LogP contribution is -2.15. The summed E-state index contributed by atoms with van der Waals surface area (Å²) >= 11 is 7.00. The van der Waals surface area contributed by atoms with E-state index < -0.39 is 5.76 Å². The van der Waals surface area contributed by atoms with Crippen molar-refractivity contribution in [3.8, 4) is 0 Å². The molecule has 7 heteroatoms. The second kappa shape index (κ2) is 3.97.